The van der Waals surface area contributed by atoms with Crippen molar-refractivity contribution in [2.45, 2.75) is 20.4 Å². The predicted octanol–water partition coefficient (Wildman–Crippen LogP) is 2.64. The molecule has 18 heavy (non-hydrogen) atoms. The van der Waals surface area contributed by atoms with E-state index in [1.54, 1.807) is 0 Å². The highest BCUT2D eigenvalue weighted by atomic mass is 35.5. The average molecular weight is 269 g/mol. The van der Waals surface area contributed by atoms with Crippen LogP contribution < -0.4 is 0 Å². The van der Waals surface area contributed by atoms with Gasteiger partial charge in [0.2, 0.25) is 5.91 Å². The molecule has 1 aromatic carbocycles. The molecule has 4 heteroatoms. The summed E-state index contributed by atoms with van der Waals surface area (Å²) in [4.78, 5) is 15.8. The highest BCUT2D eigenvalue weighted by Crippen LogP contribution is 2.10. The highest BCUT2D eigenvalue weighted by Gasteiger charge is 2.12. The Bertz CT molecular complexity index is 374. The molecule has 0 unspecified atom stereocenters. The predicted molar refractivity (Wildman–Crippen MR) is 75.7 cm³/mol. The maximum absolute atomic E-state index is 11.9. The number of halogens is 1. The Morgan fingerprint density at radius 3 is 2.22 bits per heavy atom. The van der Waals surface area contributed by atoms with E-state index in [4.69, 9.17) is 11.6 Å². The maximum atomic E-state index is 11.9. The number of benzene rings is 1. The third-order valence-electron chi connectivity index (χ3n) is 2.89. The van der Waals surface area contributed by atoms with Gasteiger partial charge in [0.15, 0.2) is 0 Å². The van der Waals surface area contributed by atoms with Crippen LogP contribution in [0.15, 0.2) is 24.3 Å². The van der Waals surface area contributed by atoms with Crippen molar-refractivity contribution in [1.29, 1.82) is 0 Å². The van der Waals surface area contributed by atoms with Crippen LogP contribution in [-0.4, -0.2) is 42.4 Å². The van der Waals surface area contributed by atoms with Crippen molar-refractivity contribution in [2.75, 3.05) is 26.7 Å². The summed E-state index contributed by atoms with van der Waals surface area (Å²) in [5.41, 5.74) is 1.16. The van der Waals surface area contributed by atoms with E-state index < -0.39 is 0 Å². The summed E-state index contributed by atoms with van der Waals surface area (Å²) in [6.45, 7) is 6.74. The molecule has 100 valence electrons. The van der Waals surface area contributed by atoms with E-state index >= 15 is 0 Å². The third kappa shape index (κ3) is 4.67. The van der Waals surface area contributed by atoms with Crippen LogP contribution in [0.2, 0.25) is 5.02 Å². The molecule has 0 radical (unpaired) electrons. The summed E-state index contributed by atoms with van der Waals surface area (Å²) in [7, 11) is 1.95. The number of likely N-dealkylation sites (N-methyl/N-ethyl adjacent to an activating group) is 2. The molecule has 0 heterocycles. The van der Waals surface area contributed by atoms with Gasteiger partial charge in [-0.05, 0) is 38.6 Å². The minimum Gasteiger partial charge on any atom is -0.342 e. The quantitative estimate of drug-likeness (QED) is 0.792. The molecule has 1 aromatic rings. The number of nitrogens with zero attached hydrogens (tertiary/aromatic N) is 2. The van der Waals surface area contributed by atoms with E-state index in [0.29, 0.717) is 6.54 Å². The molecule has 0 aromatic heterocycles. The molecule has 0 N–H and O–H groups in total. The topological polar surface area (TPSA) is 23.6 Å². The molecular weight excluding hydrogens is 248 g/mol. The van der Waals surface area contributed by atoms with Gasteiger partial charge in [-0.1, -0.05) is 23.7 Å². The molecule has 0 fully saturated rings. The minimum atomic E-state index is 0.177. The Hall–Kier alpha value is -1.06. The van der Waals surface area contributed by atoms with Gasteiger partial charge >= 0.3 is 0 Å². The molecule has 0 aliphatic rings. The standard InChI is InChI=1S/C14H21ClN2O/c1-4-17(5-2)14(18)11-16(3)10-12-6-8-13(15)9-7-12/h6-9H,4-5,10-11H2,1-3H3. The van der Waals surface area contributed by atoms with Crippen molar-refractivity contribution in [2.24, 2.45) is 0 Å². The number of carbonyl (C=O) groups excluding carboxylic acids is 1. The highest BCUT2D eigenvalue weighted by molar-refractivity contribution is 6.30. The summed E-state index contributed by atoms with van der Waals surface area (Å²) >= 11 is 5.84. The second kappa shape index (κ2) is 7.39. The van der Waals surface area contributed by atoms with Crippen LogP contribution in [-0.2, 0) is 11.3 Å². The summed E-state index contributed by atoms with van der Waals surface area (Å²) < 4.78 is 0. The van der Waals surface area contributed by atoms with Gasteiger partial charge in [0.25, 0.3) is 0 Å². The summed E-state index contributed by atoms with van der Waals surface area (Å²) in [6.07, 6.45) is 0. The van der Waals surface area contributed by atoms with Crippen molar-refractivity contribution in [3.8, 4) is 0 Å². The van der Waals surface area contributed by atoms with Gasteiger partial charge in [-0.15, -0.1) is 0 Å². The van der Waals surface area contributed by atoms with Gasteiger partial charge in [-0.3, -0.25) is 9.69 Å². The lowest BCUT2D eigenvalue weighted by atomic mass is 10.2. The first-order valence-electron chi connectivity index (χ1n) is 6.27. The molecule has 0 bridgehead atoms. The van der Waals surface area contributed by atoms with E-state index in [9.17, 15) is 4.79 Å². The third-order valence-corrected chi connectivity index (χ3v) is 3.14. The van der Waals surface area contributed by atoms with E-state index in [0.717, 1.165) is 30.2 Å². The number of hydrogen-bond donors (Lipinski definition) is 0. The lowest BCUT2D eigenvalue weighted by molar-refractivity contribution is -0.131. The molecule has 0 saturated carbocycles. The molecule has 0 spiro atoms. The number of hydrogen-bond acceptors (Lipinski definition) is 2. The monoisotopic (exact) mass is 268 g/mol. The minimum absolute atomic E-state index is 0.177. The van der Waals surface area contributed by atoms with Crippen molar-refractivity contribution >= 4 is 17.5 Å². The SMILES string of the molecule is CCN(CC)C(=O)CN(C)Cc1ccc(Cl)cc1. The molecule has 0 aliphatic carbocycles. The van der Waals surface area contributed by atoms with Crippen LogP contribution in [0.5, 0.6) is 0 Å². The second-order valence-corrected chi connectivity index (χ2v) is 4.80. The zero-order chi connectivity index (χ0) is 13.5. The fourth-order valence-electron chi connectivity index (χ4n) is 1.86. The fourth-order valence-corrected chi connectivity index (χ4v) is 1.99. The Kier molecular flexibility index (Phi) is 6.16. The molecular formula is C14H21ClN2O. The molecule has 1 amide bonds. The Balaban J connectivity index is 2.48. The number of carbonyl (C=O) groups is 1. The first kappa shape index (κ1) is 15.0. The Morgan fingerprint density at radius 2 is 1.72 bits per heavy atom. The van der Waals surface area contributed by atoms with E-state index in [2.05, 4.69) is 0 Å². The summed E-state index contributed by atoms with van der Waals surface area (Å²) in [5.74, 6) is 0.177. The van der Waals surface area contributed by atoms with Gasteiger partial charge < -0.3 is 4.90 Å². The maximum Gasteiger partial charge on any atom is 0.236 e. The molecule has 0 aliphatic heterocycles. The number of amides is 1. The number of rotatable bonds is 6. The van der Waals surface area contributed by atoms with Crippen molar-refractivity contribution < 1.29 is 4.79 Å². The van der Waals surface area contributed by atoms with Crippen LogP contribution in [0.4, 0.5) is 0 Å². The first-order chi connectivity index (χ1) is 8.56. The van der Waals surface area contributed by atoms with Crippen LogP contribution >= 0.6 is 11.6 Å². The largest absolute Gasteiger partial charge is 0.342 e. The van der Waals surface area contributed by atoms with E-state index in [1.807, 2.05) is 55.0 Å². The molecule has 1 rings (SSSR count). The van der Waals surface area contributed by atoms with E-state index in [-0.39, 0.29) is 5.91 Å². The lowest BCUT2D eigenvalue weighted by Crippen LogP contribution is -2.38. The fraction of sp³-hybridized carbons (Fsp3) is 0.500. The molecule has 0 saturated heterocycles. The van der Waals surface area contributed by atoms with Crippen LogP contribution in [0.3, 0.4) is 0 Å². The first-order valence-corrected chi connectivity index (χ1v) is 6.65. The van der Waals surface area contributed by atoms with Crippen LogP contribution in [0.1, 0.15) is 19.4 Å². The summed E-state index contributed by atoms with van der Waals surface area (Å²) in [6, 6.07) is 7.72. The Labute approximate surface area is 114 Å². The van der Waals surface area contributed by atoms with E-state index in [1.165, 1.54) is 0 Å². The van der Waals surface area contributed by atoms with Crippen molar-refractivity contribution in [1.82, 2.24) is 9.80 Å². The molecule has 3 nitrogen and oxygen atoms in total. The average Bonchev–Trinajstić information content (AvgIpc) is 2.33. The summed E-state index contributed by atoms with van der Waals surface area (Å²) in [5, 5.41) is 0.737. The van der Waals surface area contributed by atoms with Crippen molar-refractivity contribution in [3.63, 3.8) is 0 Å². The van der Waals surface area contributed by atoms with Gasteiger partial charge in [0.1, 0.15) is 0 Å². The zero-order valence-corrected chi connectivity index (χ0v) is 12.1. The van der Waals surface area contributed by atoms with Gasteiger partial charge in [-0.2, -0.15) is 0 Å². The zero-order valence-electron chi connectivity index (χ0n) is 11.3. The van der Waals surface area contributed by atoms with Crippen LogP contribution in [0, 0.1) is 0 Å². The second-order valence-electron chi connectivity index (χ2n) is 4.36. The Morgan fingerprint density at radius 1 is 1.17 bits per heavy atom. The van der Waals surface area contributed by atoms with Gasteiger partial charge in [0, 0.05) is 24.7 Å². The lowest BCUT2D eigenvalue weighted by Gasteiger charge is -2.23. The molecule has 0 atom stereocenters. The van der Waals surface area contributed by atoms with Gasteiger partial charge in [0.05, 0.1) is 6.54 Å². The smallest absolute Gasteiger partial charge is 0.236 e. The normalized spacial score (nSPS) is 10.7. The van der Waals surface area contributed by atoms with Gasteiger partial charge in [-0.25, -0.2) is 0 Å². The van der Waals surface area contributed by atoms with Crippen molar-refractivity contribution in [3.05, 3.63) is 34.9 Å². The van der Waals surface area contributed by atoms with Crippen LogP contribution in [0.25, 0.3) is 0 Å².